The number of aromatic nitrogens is 2. The summed E-state index contributed by atoms with van der Waals surface area (Å²) in [6.45, 7) is 1.55. The van der Waals surface area contributed by atoms with Crippen LogP contribution in [0.5, 0.6) is 0 Å². The average Bonchev–Trinajstić information content (AvgIpc) is 3.25. The average molecular weight is 358 g/mol. The number of rotatable bonds is 3. The zero-order valence-electron chi connectivity index (χ0n) is 13.8. The Bertz CT molecular complexity index is 630. The Morgan fingerprint density at radius 2 is 1.68 bits per heavy atom. The summed E-state index contributed by atoms with van der Waals surface area (Å²) >= 11 is 0. The Kier molecular flexibility index (Phi) is 5.01. The molecule has 1 aliphatic heterocycles. The van der Waals surface area contributed by atoms with E-state index < -0.39 is 11.9 Å². The number of carbonyl (C=O) groups is 2. The molecule has 1 saturated heterocycles. The highest BCUT2D eigenvalue weighted by atomic mass is 19.4. The fourth-order valence-corrected chi connectivity index (χ4v) is 3.45. The van der Waals surface area contributed by atoms with Crippen molar-refractivity contribution >= 4 is 11.8 Å². The van der Waals surface area contributed by atoms with Crippen LogP contribution in [0.4, 0.5) is 13.2 Å². The summed E-state index contributed by atoms with van der Waals surface area (Å²) in [4.78, 5) is 28.0. The van der Waals surface area contributed by atoms with Crippen LogP contribution in [0.25, 0.3) is 0 Å². The van der Waals surface area contributed by atoms with Gasteiger partial charge in [0.05, 0.1) is 0 Å². The van der Waals surface area contributed by atoms with Crippen molar-refractivity contribution in [2.24, 2.45) is 5.92 Å². The maximum Gasteiger partial charge on any atom is 0.435 e. The van der Waals surface area contributed by atoms with Crippen LogP contribution in [0.3, 0.4) is 0 Å². The third-order valence-electron chi connectivity index (χ3n) is 4.88. The number of carbonyl (C=O) groups excluding carboxylic acids is 2. The van der Waals surface area contributed by atoms with Crippen molar-refractivity contribution in [2.75, 3.05) is 26.2 Å². The molecule has 9 heteroatoms. The number of hydrogen-bond donors (Lipinski definition) is 0. The van der Waals surface area contributed by atoms with Gasteiger partial charge >= 0.3 is 6.18 Å². The summed E-state index contributed by atoms with van der Waals surface area (Å²) < 4.78 is 38.6. The van der Waals surface area contributed by atoms with Crippen LogP contribution in [0.15, 0.2) is 12.3 Å². The summed E-state index contributed by atoms with van der Waals surface area (Å²) in [7, 11) is 0. The fourth-order valence-electron chi connectivity index (χ4n) is 3.45. The molecule has 1 saturated carbocycles. The molecule has 3 rings (SSSR count). The molecule has 0 N–H and O–H groups in total. The molecule has 0 unspecified atom stereocenters. The molecule has 2 heterocycles. The molecule has 0 radical (unpaired) electrons. The van der Waals surface area contributed by atoms with Crippen molar-refractivity contribution in [2.45, 2.75) is 38.4 Å². The molecule has 25 heavy (non-hydrogen) atoms. The van der Waals surface area contributed by atoms with Gasteiger partial charge in [-0.15, -0.1) is 0 Å². The van der Waals surface area contributed by atoms with Crippen LogP contribution in [0.1, 0.15) is 31.4 Å². The highest BCUT2D eigenvalue weighted by Gasteiger charge is 2.34. The largest absolute Gasteiger partial charge is 0.435 e. The Morgan fingerprint density at radius 3 is 2.24 bits per heavy atom. The molecule has 2 fully saturated rings. The van der Waals surface area contributed by atoms with Crippen molar-refractivity contribution in [1.29, 1.82) is 0 Å². The Morgan fingerprint density at radius 1 is 1.08 bits per heavy atom. The third-order valence-corrected chi connectivity index (χ3v) is 4.88. The molecule has 2 aliphatic rings. The van der Waals surface area contributed by atoms with Crippen molar-refractivity contribution < 1.29 is 22.8 Å². The monoisotopic (exact) mass is 358 g/mol. The topological polar surface area (TPSA) is 58.4 Å². The van der Waals surface area contributed by atoms with Crippen LogP contribution in [0.2, 0.25) is 0 Å². The zero-order valence-corrected chi connectivity index (χ0v) is 13.8. The summed E-state index contributed by atoms with van der Waals surface area (Å²) in [5.74, 6) is 0.00315. The first-order valence-electron chi connectivity index (χ1n) is 8.52. The third kappa shape index (κ3) is 4.13. The first-order valence-corrected chi connectivity index (χ1v) is 8.52. The standard InChI is InChI=1S/C16H21F3N4O2/c17-16(18,19)13-5-6-23(20-13)11-14(24)21-7-9-22(10-8-21)15(25)12-3-1-2-4-12/h5-6,12H,1-4,7-11H2. The van der Waals surface area contributed by atoms with Crippen molar-refractivity contribution in [1.82, 2.24) is 19.6 Å². The minimum atomic E-state index is -4.51. The van der Waals surface area contributed by atoms with Crippen LogP contribution in [0, 0.1) is 5.92 Å². The van der Waals surface area contributed by atoms with Crippen molar-refractivity contribution in [3.8, 4) is 0 Å². The molecule has 0 spiro atoms. The van der Waals surface area contributed by atoms with E-state index in [0.29, 0.717) is 26.2 Å². The number of hydrogen-bond acceptors (Lipinski definition) is 3. The first-order chi connectivity index (χ1) is 11.8. The van der Waals surface area contributed by atoms with Gasteiger partial charge in [0.2, 0.25) is 11.8 Å². The van der Waals surface area contributed by atoms with E-state index in [9.17, 15) is 22.8 Å². The molecule has 1 aliphatic carbocycles. The van der Waals surface area contributed by atoms with E-state index in [4.69, 9.17) is 0 Å². The van der Waals surface area contributed by atoms with Gasteiger partial charge in [-0.3, -0.25) is 14.3 Å². The van der Waals surface area contributed by atoms with E-state index in [1.165, 1.54) is 0 Å². The lowest BCUT2D eigenvalue weighted by Crippen LogP contribution is -2.52. The van der Waals surface area contributed by atoms with Crippen molar-refractivity contribution in [3.05, 3.63) is 18.0 Å². The number of alkyl halides is 3. The van der Waals surface area contributed by atoms with E-state index in [1.807, 2.05) is 0 Å². The van der Waals surface area contributed by atoms with Gasteiger partial charge in [0.15, 0.2) is 5.69 Å². The minimum absolute atomic E-state index is 0.118. The smallest absolute Gasteiger partial charge is 0.339 e. The van der Waals surface area contributed by atoms with Gasteiger partial charge in [0.1, 0.15) is 6.54 Å². The lowest BCUT2D eigenvalue weighted by atomic mass is 10.1. The minimum Gasteiger partial charge on any atom is -0.339 e. The highest BCUT2D eigenvalue weighted by Crippen LogP contribution is 2.28. The molecule has 1 aromatic rings. The molecule has 0 atom stereocenters. The van der Waals surface area contributed by atoms with E-state index in [0.717, 1.165) is 42.6 Å². The lowest BCUT2D eigenvalue weighted by Gasteiger charge is -2.36. The molecule has 138 valence electrons. The molecular weight excluding hydrogens is 337 g/mol. The summed E-state index contributed by atoms with van der Waals surface area (Å²) in [5.41, 5.74) is -1.01. The van der Waals surface area contributed by atoms with Crippen LogP contribution >= 0.6 is 0 Å². The highest BCUT2D eigenvalue weighted by molar-refractivity contribution is 5.80. The Labute approximate surface area is 143 Å². The number of nitrogens with zero attached hydrogens (tertiary/aromatic N) is 4. The van der Waals surface area contributed by atoms with Crippen LogP contribution in [-0.2, 0) is 22.3 Å². The van der Waals surface area contributed by atoms with E-state index in [-0.39, 0.29) is 24.3 Å². The second-order valence-corrected chi connectivity index (χ2v) is 6.58. The van der Waals surface area contributed by atoms with Crippen molar-refractivity contribution in [3.63, 3.8) is 0 Å². The van der Waals surface area contributed by atoms with E-state index >= 15 is 0 Å². The maximum atomic E-state index is 12.5. The van der Waals surface area contributed by atoms with Crippen LogP contribution in [-0.4, -0.2) is 57.6 Å². The van der Waals surface area contributed by atoms with Gasteiger partial charge in [-0.2, -0.15) is 18.3 Å². The number of halogens is 3. The Balaban J connectivity index is 1.50. The van der Waals surface area contributed by atoms with E-state index in [1.54, 1.807) is 9.80 Å². The van der Waals surface area contributed by atoms with Gasteiger partial charge in [0.25, 0.3) is 0 Å². The molecule has 1 aromatic heterocycles. The van der Waals surface area contributed by atoms with Gasteiger partial charge in [-0.25, -0.2) is 0 Å². The molecule has 2 amide bonds. The van der Waals surface area contributed by atoms with Gasteiger partial charge in [-0.05, 0) is 18.9 Å². The summed E-state index contributed by atoms with van der Waals surface area (Å²) in [6.07, 6.45) is 0.718. The second kappa shape index (κ2) is 7.05. The summed E-state index contributed by atoms with van der Waals surface area (Å²) in [6, 6.07) is 0.853. The fraction of sp³-hybridized carbons (Fsp3) is 0.688. The molecule has 0 aromatic carbocycles. The summed E-state index contributed by atoms with van der Waals surface area (Å²) in [5, 5.41) is 3.39. The normalized spacial score (nSPS) is 19.5. The first kappa shape index (κ1) is 17.8. The van der Waals surface area contributed by atoms with Gasteiger partial charge < -0.3 is 9.80 Å². The number of piperazine rings is 1. The quantitative estimate of drug-likeness (QED) is 0.827. The predicted molar refractivity (Wildman–Crippen MR) is 82.3 cm³/mol. The maximum absolute atomic E-state index is 12.5. The zero-order chi connectivity index (χ0) is 18.0. The van der Waals surface area contributed by atoms with E-state index in [2.05, 4.69) is 5.10 Å². The Hall–Kier alpha value is -2.06. The SMILES string of the molecule is O=C(Cn1ccc(C(F)(F)F)n1)N1CCN(C(=O)C2CCCC2)CC1. The second-order valence-electron chi connectivity index (χ2n) is 6.58. The molecular formula is C16H21F3N4O2. The van der Waals surface area contributed by atoms with Crippen LogP contribution < -0.4 is 0 Å². The predicted octanol–water partition coefficient (Wildman–Crippen LogP) is 1.76. The lowest BCUT2D eigenvalue weighted by molar-refractivity contribution is -0.143. The molecule has 0 bridgehead atoms. The van der Waals surface area contributed by atoms with Gasteiger partial charge in [-0.1, -0.05) is 12.8 Å². The van der Waals surface area contributed by atoms with Gasteiger partial charge in [0, 0.05) is 38.3 Å². The molecule has 6 nitrogen and oxygen atoms in total. The number of amides is 2.